The summed E-state index contributed by atoms with van der Waals surface area (Å²) in [5.74, 6) is -0.105. The lowest BCUT2D eigenvalue weighted by Crippen LogP contribution is -2.30. The van der Waals surface area contributed by atoms with Crippen molar-refractivity contribution in [3.63, 3.8) is 0 Å². The molecule has 1 unspecified atom stereocenters. The zero-order valence-corrected chi connectivity index (χ0v) is 21.7. The number of amides is 1. The number of fused-ring (bicyclic) bond motifs is 1. The molecule has 0 aliphatic heterocycles. The molecule has 0 spiro atoms. The first kappa shape index (κ1) is 25.3. The van der Waals surface area contributed by atoms with Crippen molar-refractivity contribution in [1.82, 2.24) is 13.9 Å². The molecular formula is C24H32N4O3S2. The first-order valence-electron chi connectivity index (χ1n) is 11.2. The Labute approximate surface area is 200 Å². The Hall–Kier alpha value is -2.36. The average molecular weight is 489 g/mol. The molecule has 178 valence electrons. The van der Waals surface area contributed by atoms with Crippen LogP contribution in [0.2, 0.25) is 0 Å². The highest BCUT2D eigenvalue weighted by atomic mass is 32.2. The fourth-order valence-electron chi connectivity index (χ4n) is 3.76. The van der Waals surface area contributed by atoms with Crippen molar-refractivity contribution in [2.75, 3.05) is 18.4 Å². The van der Waals surface area contributed by atoms with Gasteiger partial charge >= 0.3 is 0 Å². The van der Waals surface area contributed by atoms with E-state index in [1.165, 1.54) is 16.1 Å². The lowest BCUT2D eigenvalue weighted by Gasteiger charge is -2.18. The molecule has 1 N–H and O–H groups in total. The van der Waals surface area contributed by atoms with Crippen LogP contribution in [0.25, 0.3) is 11.0 Å². The van der Waals surface area contributed by atoms with E-state index in [0.717, 1.165) is 22.3 Å². The van der Waals surface area contributed by atoms with Crippen LogP contribution in [0.1, 0.15) is 38.8 Å². The summed E-state index contributed by atoms with van der Waals surface area (Å²) < 4.78 is 29.3. The van der Waals surface area contributed by atoms with Crippen molar-refractivity contribution in [2.24, 2.45) is 0 Å². The second kappa shape index (κ2) is 10.3. The first-order valence-corrected chi connectivity index (χ1v) is 13.5. The fraction of sp³-hybridized carbons (Fsp3) is 0.417. The van der Waals surface area contributed by atoms with Crippen molar-refractivity contribution in [3.05, 3.63) is 47.5 Å². The van der Waals surface area contributed by atoms with Gasteiger partial charge in [-0.05, 0) is 57.5 Å². The summed E-state index contributed by atoms with van der Waals surface area (Å²) in [7, 11) is -3.57. The van der Waals surface area contributed by atoms with E-state index in [1.54, 1.807) is 18.2 Å². The molecule has 0 radical (unpaired) electrons. The molecule has 3 aromatic rings. The molecule has 7 nitrogen and oxygen atoms in total. The van der Waals surface area contributed by atoms with E-state index >= 15 is 0 Å². The lowest BCUT2D eigenvalue weighted by atomic mass is 10.1. The third kappa shape index (κ3) is 5.26. The number of sulfonamides is 1. The second-order valence-corrected chi connectivity index (χ2v) is 11.2. The Kier molecular flexibility index (Phi) is 7.87. The molecule has 1 amide bonds. The third-order valence-electron chi connectivity index (χ3n) is 5.64. The van der Waals surface area contributed by atoms with E-state index in [1.807, 2.05) is 64.3 Å². The Morgan fingerprint density at radius 1 is 1.12 bits per heavy atom. The minimum atomic E-state index is -3.57. The monoisotopic (exact) mass is 488 g/mol. The van der Waals surface area contributed by atoms with Crippen LogP contribution < -0.4 is 5.32 Å². The van der Waals surface area contributed by atoms with E-state index in [0.29, 0.717) is 30.3 Å². The SMILES string of the molecule is CCN(CC)S(=O)(=O)c1ccc2c(c1)nc(SC(C)C(=O)Nc1ccc(C)cc1C)n2CC. The third-order valence-corrected chi connectivity index (χ3v) is 8.77. The number of thioether (sulfide) groups is 1. The number of aryl methyl sites for hydroxylation is 3. The minimum Gasteiger partial charge on any atom is -0.325 e. The zero-order chi connectivity index (χ0) is 24.3. The summed E-state index contributed by atoms with van der Waals surface area (Å²) in [6.45, 7) is 13.0. The Balaban J connectivity index is 1.87. The molecule has 33 heavy (non-hydrogen) atoms. The van der Waals surface area contributed by atoms with Gasteiger partial charge in [-0.25, -0.2) is 13.4 Å². The van der Waals surface area contributed by atoms with Crippen LogP contribution in [0.15, 0.2) is 46.5 Å². The fourth-order valence-corrected chi connectivity index (χ4v) is 6.22. The van der Waals surface area contributed by atoms with Crippen LogP contribution in [0.5, 0.6) is 0 Å². The minimum absolute atomic E-state index is 0.105. The van der Waals surface area contributed by atoms with Gasteiger partial charge in [-0.3, -0.25) is 4.79 Å². The molecule has 9 heteroatoms. The Bertz CT molecular complexity index is 1260. The van der Waals surface area contributed by atoms with E-state index in [2.05, 4.69) is 5.32 Å². The summed E-state index contributed by atoms with van der Waals surface area (Å²) in [6.07, 6.45) is 0. The molecule has 1 heterocycles. The smallest absolute Gasteiger partial charge is 0.243 e. The number of benzene rings is 2. The number of hydrogen-bond acceptors (Lipinski definition) is 5. The van der Waals surface area contributed by atoms with Crippen molar-refractivity contribution >= 4 is 44.4 Å². The predicted molar refractivity (Wildman–Crippen MR) is 135 cm³/mol. The van der Waals surface area contributed by atoms with Crippen molar-refractivity contribution in [3.8, 4) is 0 Å². The number of carbonyl (C=O) groups is 1. The summed E-state index contributed by atoms with van der Waals surface area (Å²) in [4.78, 5) is 17.8. The number of aromatic nitrogens is 2. The molecule has 0 saturated carbocycles. The molecule has 3 rings (SSSR count). The quantitative estimate of drug-likeness (QED) is 0.437. The second-order valence-electron chi connectivity index (χ2n) is 7.95. The maximum absolute atomic E-state index is 12.9. The molecular weight excluding hydrogens is 456 g/mol. The molecule has 2 aromatic carbocycles. The molecule has 0 aliphatic rings. The van der Waals surface area contributed by atoms with E-state index < -0.39 is 10.0 Å². The maximum Gasteiger partial charge on any atom is 0.243 e. The van der Waals surface area contributed by atoms with Crippen LogP contribution in [0, 0.1) is 13.8 Å². The average Bonchev–Trinajstić information content (AvgIpc) is 3.12. The Morgan fingerprint density at radius 2 is 1.82 bits per heavy atom. The topological polar surface area (TPSA) is 84.3 Å². The highest BCUT2D eigenvalue weighted by Gasteiger charge is 2.24. The number of hydrogen-bond donors (Lipinski definition) is 1. The zero-order valence-electron chi connectivity index (χ0n) is 20.0. The lowest BCUT2D eigenvalue weighted by molar-refractivity contribution is -0.115. The van der Waals surface area contributed by atoms with Gasteiger partial charge in [0.2, 0.25) is 15.9 Å². The highest BCUT2D eigenvalue weighted by molar-refractivity contribution is 8.00. The van der Waals surface area contributed by atoms with Gasteiger partial charge in [0.15, 0.2) is 5.16 Å². The molecule has 0 bridgehead atoms. The molecule has 0 aliphatic carbocycles. The molecule has 0 saturated heterocycles. The van der Waals surface area contributed by atoms with Gasteiger partial charge in [0, 0.05) is 25.3 Å². The molecule has 0 fully saturated rings. The van der Waals surface area contributed by atoms with Gasteiger partial charge in [-0.1, -0.05) is 43.3 Å². The predicted octanol–water partition coefficient (Wildman–Crippen LogP) is 4.82. The van der Waals surface area contributed by atoms with E-state index in [9.17, 15) is 13.2 Å². The van der Waals surface area contributed by atoms with Crippen LogP contribution in [0.3, 0.4) is 0 Å². The van der Waals surface area contributed by atoms with Gasteiger partial charge in [0.25, 0.3) is 0 Å². The number of imidazole rings is 1. The number of anilines is 1. The van der Waals surface area contributed by atoms with Gasteiger partial charge < -0.3 is 9.88 Å². The van der Waals surface area contributed by atoms with Crippen molar-refractivity contribution in [1.29, 1.82) is 0 Å². The number of nitrogens with one attached hydrogen (secondary N) is 1. The Morgan fingerprint density at radius 3 is 2.42 bits per heavy atom. The summed E-state index contributed by atoms with van der Waals surface area (Å²) in [5, 5.41) is 3.31. The standard InChI is InChI=1S/C24H32N4O3S2/c1-7-27(8-2)33(30,31)19-11-13-22-21(15-19)26-24(28(22)9-3)32-18(6)23(29)25-20-12-10-16(4)14-17(20)5/h10-15,18H,7-9H2,1-6H3,(H,25,29). The van der Waals surface area contributed by atoms with Gasteiger partial charge in [-0.15, -0.1) is 0 Å². The maximum atomic E-state index is 12.9. The molecule has 1 aromatic heterocycles. The van der Waals surface area contributed by atoms with Crippen LogP contribution >= 0.6 is 11.8 Å². The van der Waals surface area contributed by atoms with Crippen LogP contribution in [0.4, 0.5) is 5.69 Å². The van der Waals surface area contributed by atoms with Gasteiger partial charge in [0.1, 0.15) is 0 Å². The first-order chi connectivity index (χ1) is 15.6. The summed E-state index contributed by atoms with van der Waals surface area (Å²) in [5.41, 5.74) is 4.42. The largest absolute Gasteiger partial charge is 0.325 e. The summed E-state index contributed by atoms with van der Waals surface area (Å²) in [6, 6.07) is 11.0. The normalized spacial score (nSPS) is 12.9. The number of carbonyl (C=O) groups excluding carboxylic acids is 1. The van der Waals surface area contributed by atoms with Crippen LogP contribution in [-0.4, -0.2) is 46.5 Å². The number of nitrogens with zero attached hydrogens (tertiary/aromatic N) is 3. The summed E-state index contributed by atoms with van der Waals surface area (Å²) >= 11 is 1.37. The highest BCUT2D eigenvalue weighted by Crippen LogP contribution is 2.30. The van der Waals surface area contributed by atoms with Gasteiger partial charge in [0.05, 0.1) is 21.2 Å². The van der Waals surface area contributed by atoms with Crippen molar-refractivity contribution in [2.45, 2.75) is 63.4 Å². The van der Waals surface area contributed by atoms with Crippen molar-refractivity contribution < 1.29 is 13.2 Å². The number of rotatable bonds is 9. The van der Waals surface area contributed by atoms with E-state index in [4.69, 9.17) is 4.98 Å². The molecule has 1 atom stereocenters. The van der Waals surface area contributed by atoms with Crippen LogP contribution in [-0.2, 0) is 21.4 Å². The van der Waals surface area contributed by atoms with E-state index in [-0.39, 0.29) is 16.1 Å². The van der Waals surface area contributed by atoms with Gasteiger partial charge in [-0.2, -0.15) is 4.31 Å².